The normalized spacial score (nSPS) is 14.1. The zero-order valence-corrected chi connectivity index (χ0v) is 14.1. The molecule has 0 radical (unpaired) electrons. The third kappa shape index (κ3) is 4.18. The first-order valence-electron chi connectivity index (χ1n) is 8.38. The summed E-state index contributed by atoms with van der Waals surface area (Å²) in [6, 6.07) is 12.8. The number of benzene rings is 2. The molecule has 5 heteroatoms. The second kappa shape index (κ2) is 7.38. The first kappa shape index (κ1) is 17.0. The molecule has 1 aliphatic rings. The fraction of sp³-hybridized carbons (Fsp3) is 0.300. The summed E-state index contributed by atoms with van der Waals surface area (Å²) >= 11 is 0. The highest BCUT2D eigenvalue weighted by Gasteiger charge is 2.23. The number of hydrogen-bond donors (Lipinski definition) is 2. The minimum atomic E-state index is -1.00. The fourth-order valence-electron chi connectivity index (χ4n) is 2.98. The van der Waals surface area contributed by atoms with Crippen molar-refractivity contribution in [3.63, 3.8) is 0 Å². The molecule has 0 spiro atoms. The summed E-state index contributed by atoms with van der Waals surface area (Å²) in [6.07, 6.45) is 1.77. The highest BCUT2D eigenvalue weighted by Crippen LogP contribution is 2.28. The van der Waals surface area contributed by atoms with Crippen LogP contribution in [0.25, 0.3) is 0 Å². The van der Waals surface area contributed by atoms with Gasteiger partial charge in [0.1, 0.15) is 5.75 Å². The summed E-state index contributed by atoms with van der Waals surface area (Å²) in [7, 11) is 0. The van der Waals surface area contributed by atoms with Crippen LogP contribution in [0.3, 0.4) is 0 Å². The number of carboxylic acid groups (broad SMARTS) is 1. The Morgan fingerprint density at radius 2 is 1.96 bits per heavy atom. The van der Waals surface area contributed by atoms with Crippen LogP contribution in [0.2, 0.25) is 0 Å². The van der Waals surface area contributed by atoms with Crippen molar-refractivity contribution in [2.45, 2.75) is 32.1 Å². The SMILES string of the molecule is Cc1ccc(C(CC(=O)Nc2ccc3c(c2)CCCO3)C(=O)O)cc1. The van der Waals surface area contributed by atoms with Gasteiger partial charge in [-0.1, -0.05) is 29.8 Å². The van der Waals surface area contributed by atoms with E-state index in [2.05, 4.69) is 5.32 Å². The molecule has 0 saturated heterocycles. The van der Waals surface area contributed by atoms with Crippen LogP contribution in [-0.2, 0) is 16.0 Å². The quantitative estimate of drug-likeness (QED) is 0.874. The predicted molar refractivity (Wildman–Crippen MR) is 95.1 cm³/mol. The van der Waals surface area contributed by atoms with Crippen molar-refractivity contribution in [2.75, 3.05) is 11.9 Å². The Balaban J connectivity index is 1.69. The number of aliphatic carboxylic acids is 1. The molecule has 1 heterocycles. The Hall–Kier alpha value is -2.82. The van der Waals surface area contributed by atoms with E-state index < -0.39 is 11.9 Å². The van der Waals surface area contributed by atoms with Crippen LogP contribution in [0.15, 0.2) is 42.5 Å². The lowest BCUT2D eigenvalue weighted by molar-refractivity contribution is -0.140. The molecule has 0 fully saturated rings. The Bertz CT molecular complexity index is 783. The number of rotatable bonds is 5. The number of anilines is 1. The van der Waals surface area contributed by atoms with E-state index in [9.17, 15) is 14.7 Å². The zero-order chi connectivity index (χ0) is 17.8. The van der Waals surface area contributed by atoms with E-state index in [1.165, 1.54) is 0 Å². The van der Waals surface area contributed by atoms with Gasteiger partial charge in [0.2, 0.25) is 5.91 Å². The molecule has 130 valence electrons. The maximum absolute atomic E-state index is 12.3. The van der Waals surface area contributed by atoms with E-state index in [-0.39, 0.29) is 12.3 Å². The van der Waals surface area contributed by atoms with E-state index in [0.29, 0.717) is 11.3 Å². The molecule has 3 rings (SSSR count). The lowest BCUT2D eigenvalue weighted by Crippen LogP contribution is -2.21. The van der Waals surface area contributed by atoms with E-state index in [1.54, 1.807) is 18.2 Å². The molecule has 5 nitrogen and oxygen atoms in total. The van der Waals surface area contributed by atoms with Gasteiger partial charge < -0.3 is 15.2 Å². The number of carboxylic acids is 1. The topological polar surface area (TPSA) is 75.6 Å². The van der Waals surface area contributed by atoms with Crippen molar-refractivity contribution in [3.8, 4) is 5.75 Å². The van der Waals surface area contributed by atoms with Crippen LogP contribution in [0, 0.1) is 6.92 Å². The second-order valence-corrected chi connectivity index (χ2v) is 6.33. The van der Waals surface area contributed by atoms with Gasteiger partial charge in [-0.05, 0) is 49.1 Å². The van der Waals surface area contributed by atoms with Gasteiger partial charge >= 0.3 is 5.97 Å². The summed E-state index contributed by atoms with van der Waals surface area (Å²) in [6.45, 7) is 2.65. The number of carbonyl (C=O) groups excluding carboxylic acids is 1. The largest absolute Gasteiger partial charge is 0.493 e. The molecular weight excluding hydrogens is 318 g/mol. The molecule has 1 amide bonds. The standard InChI is InChI=1S/C20H21NO4/c1-13-4-6-14(7-5-13)17(20(23)24)12-19(22)21-16-8-9-18-15(11-16)3-2-10-25-18/h4-9,11,17H,2-3,10,12H2,1H3,(H,21,22)(H,23,24). The fourth-order valence-corrected chi connectivity index (χ4v) is 2.98. The van der Waals surface area contributed by atoms with E-state index >= 15 is 0 Å². The summed E-state index contributed by atoms with van der Waals surface area (Å²) < 4.78 is 5.56. The number of aryl methyl sites for hydroxylation is 2. The van der Waals surface area contributed by atoms with Crippen LogP contribution >= 0.6 is 0 Å². The van der Waals surface area contributed by atoms with Gasteiger partial charge in [0.15, 0.2) is 0 Å². The molecule has 1 atom stereocenters. The monoisotopic (exact) mass is 339 g/mol. The van der Waals surface area contributed by atoms with Crippen molar-refractivity contribution in [1.29, 1.82) is 0 Å². The van der Waals surface area contributed by atoms with Gasteiger partial charge in [0.25, 0.3) is 0 Å². The van der Waals surface area contributed by atoms with E-state index in [4.69, 9.17) is 4.74 Å². The molecule has 0 saturated carbocycles. The van der Waals surface area contributed by atoms with Crippen LogP contribution < -0.4 is 10.1 Å². The molecule has 0 aliphatic carbocycles. The maximum atomic E-state index is 12.3. The van der Waals surface area contributed by atoms with Crippen molar-refractivity contribution >= 4 is 17.6 Å². The van der Waals surface area contributed by atoms with Crippen LogP contribution in [0.5, 0.6) is 5.75 Å². The van der Waals surface area contributed by atoms with Gasteiger partial charge in [0.05, 0.1) is 12.5 Å². The number of carbonyl (C=O) groups is 2. The van der Waals surface area contributed by atoms with Gasteiger partial charge in [-0.15, -0.1) is 0 Å². The number of ether oxygens (including phenoxy) is 1. The zero-order valence-electron chi connectivity index (χ0n) is 14.1. The van der Waals surface area contributed by atoms with Crippen molar-refractivity contribution in [3.05, 3.63) is 59.2 Å². The molecule has 2 N–H and O–H groups in total. The van der Waals surface area contributed by atoms with E-state index in [1.807, 2.05) is 31.2 Å². The Kier molecular flexibility index (Phi) is 5.03. The molecule has 25 heavy (non-hydrogen) atoms. The van der Waals surface area contributed by atoms with Crippen molar-refractivity contribution < 1.29 is 19.4 Å². The minimum absolute atomic E-state index is 0.105. The Morgan fingerprint density at radius 1 is 1.20 bits per heavy atom. The number of amides is 1. The van der Waals surface area contributed by atoms with Crippen molar-refractivity contribution in [2.24, 2.45) is 0 Å². The van der Waals surface area contributed by atoms with Crippen LogP contribution in [-0.4, -0.2) is 23.6 Å². The highest BCUT2D eigenvalue weighted by atomic mass is 16.5. The molecular formula is C20H21NO4. The maximum Gasteiger partial charge on any atom is 0.311 e. The summed E-state index contributed by atoms with van der Waals surface area (Å²) in [5.74, 6) is -1.32. The third-order valence-corrected chi connectivity index (χ3v) is 4.36. The smallest absolute Gasteiger partial charge is 0.311 e. The summed E-state index contributed by atoms with van der Waals surface area (Å²) in [4.78, 5) is 23.9. The first-order chi connectivity index (χ1) is 12.0. The van der Waals surface area contributed by atoms with Crippen LogP contribution in [0.4, 0.5) is 5.69 Å². The Labute approximate surface area is 146 Å². The summed E-state index contributed by atoms with van der Waals surface area (Å²) in [5.41, 5.74) is 3.42. The van der Waals surface area contributed by atoms with Crippen molar-refractivity contribution in [1.82, 2.24) is 0 Å². The minimum Gasteiger partial charge on any atom is -0.493 e. The molecule has 2 aromatic carbocycles. The third-order valence-electron chi connectivity index (χ3n) is 4.36. The number of nitrogens with one attached hydrogen (secondary N) is 1. The van der Waals surface area contributed by atoms with Gasteiger partial charge in [0, 0.05) is 12.1 Å². The number of fused-ring (bicyclic) bond motifs is 1. The summed E-state index contributed by atoms with van der Waals surface area (Å²) in [5, 5.41) is 12.3. The molecule has 1 unspecified atom stereocenters. The first-order valence-corrected chi connectivity index (χ1v) is 8.38. The second-order valence-electron chi connectivity index (χ2n) is 6.33. The number of hydrogen-bond acceptors (Lipinski definition) is 3. The average molecular weight is 339 g/mol. The van der Waals surface area contributed by atoms with E-state index in [0.717, 1.165) is 36.3 Å². The Morgan fingerprint density at radius 3 is 2.68 bits per heavy atom. The molecule has 0 bridgehead atoms. The lowest BCUT2D eigenvalue weighted by Gasteiger charge is -2.18. The highest BCUT2D eigenvalue weighted by molar-refractivity contribution is 5.94. The van der Waals surface area contributed by atoms with Gasteiger partial charge in [-0.3, -0.25) is 9.59 Å². The lowest BCUT2D eigenvalue weighted by atomic mass is 9.94. The van der Waals surface area contributed by atoms with Gasteiger partial charge in [-0.2, -0.15) is 0 Å². The van der Waals surface area contributed by atoms with Crippen LogP contribution in [0.1, 0.15) is 35.4 Å². The van der Waals surface area contributed by atoms with Gasteiger partial charge in [-0.25, -0.2) is 0 Å². The average Bonchev–Trinajstić information content (AvgIpc) is 2.60. The molecule has 1 aliphatic heterocycles. The molecule has 2 aromatic rings. The molecule has 0 aromatic heterocycles. The predicted octanol–water partition coefficient (Wildman–Crippen LogP) is 3.52.